The molecule has 18 heavy (non-hydrogen) atoms. The van der Waals surface area contributed by atoms with Crippen LogP contribution in [-0.2, 0) is 5.41 Å². The van der Waals surface area contributed by atoms with Crippen LogP contribution in [0.15, 0.2) is 6.07 Å². The van der Waals surface area contributed by atoms with Gasteiger partial charge in [-0.1, -0.05) is 24.4 Å². The predicted octanol–water partition coefficient (Wildman–Crippen LogP) is 3.40. The molecule has 1 fully saturated rings. The molecule has 0 heterocycles. The molecular formula is C13H16ClF2NO. The minimum Gasteiger partial charge on any atom is -0.493 e. The van der Waals surface area contributed by atoms with Gasteiger partial charge in [-0.05, 0) is 18.9 Å². The normalized spacial score (nSPS) is 18.1. The lowest BCUT2D eigenvalue weighted by Crippen LogP contribution is -2.32. The number of benzene rings is 1. The number of nitrogens with two attached hydrogens (primary N) is 1. The molecular weight excluding hydrogens is 260 g/mol. The van der Waals surface area contributed by atoms with E-state index in [4.69, 9.17) is 22.1 Å². The first-order valence-corrected chi connectivity index (χ1v) is 6.35. The highest BCUT2D eigenvalue weighted by Gasteiger charge is 2.38. The summed E-state index contributed by atoms with van der Waals surface area (Å²) >= 11 is 5.73. The summed E-state index contributed by atoms with van der Waals surface area (Å²) in [6.07, 6.45) is 3.75. The maximum Gasteiger partial charge on any atom is 0.202 e. The van der Waals surface area contributed by atoms with Crippen LogP contribution in [0.4, 0.5) is 8.78 Å². The lowest BCUT2D eigenvalue weighted by atomic mass is 9.78. The van der Waals surface area contributed by atoms with Crippen molar-refractivity contribution < 1.29 is 13.5 Å². The van der Waals surface area contributed by atoms with Crippen molar-refractivity contribution in [1.82, 2.24) is 0 Å². The summed E-state index contributed by atoms with van der Waals surface area (Å²) in [7, 11) is 1.33. The minimum atomic E-state index is -1.07. The first-order chi connectivity index (χ1) is 8.55. The molecule has 0 aliphatic heterocycles. The molecule has 0 bridgehead atoms. The van der Waals surface area contributed by atoms with Gasteiger partial charge in [0.25, 0.3) is 0 Å². The van der Waals surface area contributed by atoms with Gasteiger partial charge in [-0.3, -0.25) is 0 Å². The van der Waals surface area contributed by atoms with Crippen molar-refractivity contribution >= 4 is 11.6 Å². The molecule has 5 heteroatoms. The third kappa shape index (κ3) is 1.97. The van der Waals surface area contributed by atoms with E-state index in [1.807, 2.05) is 0 Å². The minimum absolute atomic E-state index is 0.0655. The molecule has 0 atom stereocenters. The molecule has 2 nitrogen and oxygen atoms in total. The van der Waals surface area contributed by atoms with Crippen LogP contribution < -0.4 is 10.5 Å². The monoisotopic (exact) mass is 275 g/mol. The van der Waals surface area contributed by atoms with Crippen LogP contribution >= 0.6 is 11.6 Å². The molecule has 1 aromatic rings. The summed E-state index contributed by atoms with van der Waals surface area (Å²) in [5, 5.41) is -0.219. The van der Waals surface area contributed by atoms with Gasteiger partial charge in [0, 0.05) is 17.5 Å². The van der Waals surface area contributed by atoms with Gasteiger partial charge in [0.1, 0.15) is 0 Å². The van der Waals surface area contributed by atoms with Crippen LogP contribution in [-0.4, -0.2) is 13.7 Å². The third-order valence-electron chi connectivity index (χ3n) is 3.84. The number of methoxy groups -OCH3 is 1. The van der Waals surface area contributed by atoms with Gasteiger partial charge >= 0.3 is 0 Å². The molecule has 1 saturated carbocycles. The Bertz CT molecular complexity index is 459. The average Bonchev–Trinajstić information content (AvgIpc) is 2.85. The molecule has 2 rings (SSSR count). The van der Waals surface area contributed by atoms with Crippen molar-refractivity contribution in [3.05, 3.63) is 28.3 Å². The highest BCUT2D eigenvalue weighted by atomic mass is 35.5. The standard InChI is InChI=1S/C13H16ClF2NO/c1-18-12-8(6-9(14)10(15)11(12)16)13(7-17)4-2-3-5-13/h6H,2-5,7,17H2,1H3. The van der Waals surface area contributed by atoms with E-state index in [0.29, 0.717) is 12.1 Å². The van der Waals surface area contributed by atoms with Crippen LogP contribution in [0.3, 0.4) is 0 Å². The van der Waals surface area contributed by atoms with Gasteiger partial charge in [0.05, 0.1) is 12.1 Å². The Balaban J connectivity index is 2.62. The molecule has 1 aromatic carbocycles. The number of hydrogen-bond donors (Lipinski definition) is 1. The molecule has 0 spiro atoms. The van der Waals surface area contributed by atoms with Gasteiger partial charge < -0.3 is 10.5 Å². The molecule has 0 aromatic heterocycles. The lowest BCUT2D eigenvalue weighted by Gasteiger charge is -2.30. The summed E-state index contributed by atoms with van der Waals surface area (Å²) in [6.45, 7) is 0.380. The summed E-state index contributed by atoms with van der Waals surface area (Å²) in [6, 6.07) is 1.46. The van der Waals surface area contributed by atoms with Crippen LogP contribution in [0, 0.1) is 11.6 Å². The molecule has 2 N–H and O–H groups in total. The Morgan fingerprint density at radius 1 is 1.33 bits per heavy atom. The van der Waals surface area contributed by atoms with E-state index in [1.54, 1.807) is 0 Å². The summed E-state index contributed by atoms with van der Waals surface area (Å²) in [5.74, 6) is -2.16. The van der Waals surface area contributed by atoms with Gasteiger partial charge in [-0.2, -0.15) is 4.39 Å². The van der Waals surface area contributed by atoms with E-state index in [2.05, 4.69) is 0 Å². The van der Waals surface area contributed by atoms with Crippen molar-refractivity contribution in [2.75, 3.05) is 13.7 Å². The molecule has 0 saturated heterocycles. The Morgan fingerprint density at radius 2 is 1.94 bits per heavy atom. The predicted molar refractivity (Wildman–Crippen MR) is 67.1 cm³/mol. The molecule has 1 aliphatic carbocycles. The van der Waals surface area contributed by atoms with E-state index >= 15 is 0 Å². The smallest absolute Gasteiger partial charge is 0.202 e. The number of halogens is 3. The molecule has 0 radical (unpaired) electrons. The van der Waals surface area contributed by atoms with Crippen molar-refractivity contribution in [3.63, 3.8) is 0 Å². The zero-order valence-electron chi connectivity index (χ0n) is 10.2. The van der Waals surface area contributed by atoms with Gasteiger partial charge in [-0.25, -0.2) is 4.39 Å². The molecule has 0 amide bonds. The number of rotatable bonds is 3. The Labute approximate surface area is 110 Å². The first-order valence-electron chi connectivity index (χ1n) is 5.98. The Kier molecular flexibility index (Phi) is 3.78. The van der Waals surface area contributed by atoms with E-state index in [9.17, 15) is 8.78 Å². The molecule has 0 unspecified atom stereocenters. The second-order valence-electron chi connectivity index (χ2n) is 4.76. The second kappa shape index (κ2) is 5.02. The topological polar surface area (TPSA) is 35.2 Å². The molecule has 1 aliphatic rings. The highest BCUT2D eigenvalue weighted by Crippen LogP contribution is 2.46. The van der Waals surface area contributed by atoms with Crippen molar-refractivity contribution in [2.45, 2.75) is 31.1 Å². The summed E-state index contributed by atoms with van der Waals surface area (Å²) in [4.78, 5) is 0. The van der Waals surface area contributed by atoms with Crippen LogP contribution in [0.1, 0.15) is 31.2 Å². The lowest BCUT2D eigenvalue weighted by molar-refractivity contribution is 0.345. The van der Waals surface area contributed by atoms with Gasteiger partial charge in [0.2, 0.25) is 5.82 Å². The van der Waals surface area contributed by atoms with Gasteiger partial charge in [-0.15, -0.1) is 0 Å². The van der Waals surface area contributed by atoms with Crippen LogP contribution in [0.25, 0.3) is 0 Å². The fourth-order valence-electron chi connectivity index (χ4n) is 2.81. The number of ether oxygens (including phenoxy) is 1. The molecule has 100 valence electrons. The SMILES string of the molecule is COc1c(C2(CN)CCCC2)cc(Cl)c(F)c1F. The Morgan fingerprint density at radius 3 is 2.44 bits per heavy atom. The quantitative estimate of drug-likeness (QED) is 0.858. The maximum atomic E-state index is 13.9. The van der Waals surface area contributed by atoms with E-state index in [0.717, 1.165) is 25.7 Å². The largest absolute Gasteiger partial charge is 0.493 e. The van der Waals surface area contributed by atoms with E-state index in [-0.39, 0.29) is 16.2 Å². The number of hydrogen-bond acceptors (Lipinski definition) is 2. The fraction of sp³-hybridized carbons (Fsp3) is 0.538. The zero-order chi connectivity index (χ0) is 13.3. The van der Waals surface area contributed by atoms with Crippen molar-refractivity contribution in [3.8, 4) is 5.75 Å². The van der Waals surface area contributed by atoms with E-state index < -0.39 is 11.6 Å². The van der Waals surface area contributed by atoms with Crippen LogP contribution in [0.5, 0.6) is 5.75 Å². The highest BCUT2D eigenvalue weighted by molar-refractivity contribution is 6.30. The van der Waals surface area contributed by atoms with Crippen LogP contribution in [0.2, 0.25) is 5.02 Å². The van der Waals surface area contributed by atoms with E-state index in [1.165, 1.54) is 13.2 Å². The summed E-state index contributed by atoms with van der Waals surface area (Å²) in [5.41, 5.74) is 6.10. The van der Waals surface area contributed by atoms with Crippen molar-refractivity contribution in [1.29, 1.82) is 0 Å². The Hall–Kier alpha value is -0.870. The fourth-order valence-corrected chi connectivity index (χ4v) is 3.00. The average molecular weight is 276 g/mol. The first kappa shape index (κ1) is 13.6. The van der Waals surface area contributed by atoms with Crippen molar-refractivity contribution in [2.24, 2.45) is 5.73 Å². The second-order valence-corrected chi connectivity index (χ2v) is 5.17. The third-order valence-corrected chi connectivity index (χ3v) is 4.12. The maximum absolute atomic E-state index is 13.9. The summed E-state index contributed by atoms with van der Waals surface area (Å²) < 4.78 is 32.3. The van der Waals surface area contributed by atoms with Gasteiger partial charge in [0.15, 0.2) is 11.6 Å². The zero-order valence-corrected chi connectivity index (χ0v) is 11.0.